The van der Waals surface area contributed by atoms with E-state index in [9.17, 15) is 8.42 Å². The summed E-state index contributed by atoms with van der Waals surface area (Å²) < 4.78 is 27.4. The molecule has 1 aromatic rings. The Morgan fingerprint density at radius 1 is 1.37 bits per heavy atom. The number of nitrogens with zero attached hydrogens (tertiary/aromatic N) is 1. The Balaban J connectivity index is 2.34. The zero-order chi connectivity index (χ0) is 14.3. The van der Waals surface area contributed by atoms with Crippen LogP contribution in [0.15, 0.2) is 27.6 Å². The van der Waals surface area contributed by atoms with Gasteiger partial charge in [0.2, 0.25) is 10.0 Å². The summed E-state index contributed by atoms with van der Waals surface area (Å²) in [7, 11) is -3.42. The molecule has 1 aliphatic rings. The van der Waals surface area contributed by atoms with Crippen molar-refractivity contribution in [2.24, 2.45) is 5.41 Å². The Bertz CT molecular complexity index is 584. The SMILES string of the molecule is CC1(C)CCCN(S(=O)(=O)c2ccc(N)c(Br)c2)C1. The zero-order valence-electron chi connectivity index (χ0n) is 11.2. The summed E-state index contributed by atoms with van der Waals surface area (Å²) >= 11 is 3.28. The van der Waals surface area contributed by atoms with Crippen LogP contribution in [0, 0.1) is 5.41 Å². The van der Waals surface area contributed by atoms with Crippen molar-refractivity contribution < 1.29 is 8.42 Å². The van der Waals surface area contributed by atoms with Crippen LogP contribution in [0.3, 0.4) is 0 Å². The Labute approximate surface area is 123 Å². The van der Waals surface area contributed by atoms with Crippen LogP contribution >= 0.6 is 15.9 Å². The molecule has 19 heavy (non-hydrogen) atoms. The number of benzene rings is 1. The smallest absolute Gasteiger partial charge is 0.243 e. The largest absolute Gasteiger partial charge is 0.398 e. The van der Waals surface area contributed by atoms with Crippen molar-refractivity contribution >= 4 is 31.6 Å². The molecule has 1 aliphatic heterocycles. The quantitative estimate of drug-likeness (QED) is 0.837. The number of sulfonamides is 1. The summed E-state index contributed by atoms with van der Waals surface area (Å²) in [5.41, 5.74) is 6.28. The fraction of sp³-hybridized carbons (Fsp3) is 0.538. The first kappa shape index (κ1) is 14.8. The van der Waals surface area contributed by atoms with E-state index >= 15 is 0 Å². The lowest BCUT2D eigenvalue weighted by Gasteiger charge is -2.37. The molecule has 0 atom stereocenters. The van der Waals surface area contributed by atoms with Crippen molar-refractivity contribution in [3.05, 3.63) is 22.7 Å². The average Bonchev–Trinajstić information content (AvgIpc) is 2.31. The van der Waals surface area contributed by atoms with Crippen LogP contribution in [-0.4, -0.2) is 25.8 Å². The van der Waals surface area contributed by atoms with Crippen molar-refractivity contribution in [2.45, 2.75) is 31.6 Å². The molecule has 1 aromatic carbocycles. The van der Waals surface area contributed by atoms with E-state index in [-0.39, 0.29) is 5.41 Å². The van der Waals surface area contributed by atoms with Gasteiger partial charge in [-0.1, -0.05) is 13.8 Å². The number of nitrogens with two attached hydrogens (primary N) is 1. The summed E-state index contributed by atoms with van der Waals surface area (Å²) in [6.07, 6.45) is 1.97. The maximum Gasteiger partial charge on any atom is 0.243 e. The van der Waals surface area contributed by atoms with Crippen molar-refractivity contribution in [1.29, 1.82) is 0 Å². The molecule has 0 saturated carbocycles. The molecule has 4 nitrogen and oxygen atoms in total. The van der Waals surface area contributed by atoms with Crippen molar-refractivity contribution in [3.63, 3.8) is 0 Å². The number of hydrogen-bond donors (Lipinski definition) is 1. The number of hydrogen-bond acceptors (Lipinski definition) is 3. The lowest BCUT2D eigenvalue weighted by atomic mass is 9.85. The van der Waals surface area contributed by atoms with Gasteiger partial charge in [-0.15, -0.1) is 0 Å². The van der Waals surface area contributed by atoms with Gasteiger partial charge in [0.25, 0.3) is 0 Å². The standard InChI is InChI=1S/C13H19BrN2O2S/c1-13(2)6-3-7-16(9-13)19(17,18)10-4-5-12(15)11(14)8-10/h4-5,8H,3,6-7,9,15H2,1-2H3. The van der Waals surface area contributed by atoms with Gasteiger partial charge in [-0.2, -0.15) is 4.31 Å². The maximum absolute atomic E-state index is 12.6. The molecule has 0 aliphatic carbocycles. The van der Waals surface area contributed by atoms with Crippen LogP contribution in [0.4, 0.5) is 5.69 Å². The van der Waals surface area contributed by atoms with E-state index in [1.807, 2.05) is 0 Å². The van der Waals surface area contributed by atoms with E-state index in [2.05, 4.69) is 29.8 Å². The molecule has 1 saturated heterocycles. The number of nitrogen functional groups attached to an aromatic ring is 1. The minimum absolute atomic E-state index is 0.0381. The summed E-state index contributed by atoms with van der Waals surface area (Å²) in [4.78, 5) is 0.297. The van der Waals surface area contributed by atoms with Crippen LogP contribution in [0.1, 0.15) is 26.7 Å². The molecular weight excluding hydrogens is 328 g/mol. The zero-order valence-corrected chi connectivity index (χ0v) is 13.6. The van der Waals surface area contributed by atoms with Gasteiger partial charge >= 0.3 is 0 Å². The minimum Gasteiger partial charge on any atom is -0.398 e. The van der Waals surface area contributed by atoms with E-state index in [1.54, 1.807) is 22.5 Å². The third-order valence-electron chi connectivity index (χ3n) is 3.48. The van der Waals surface area contributed by atoms with Gasteiger partial charge < -0.3 is 5.73 Å². The Kier molecular flexibility index (Phi) is 3.95. The first-order valence-electron chi connectivity index (χ1n) is 6.28. The van der Waals surface area contributed by atoms with Crippen LogP contribution in [0.25, 0.3) is 0 Å². The van der Waals surface area contributed by atoms with Gasteiger partial charge in [0.1, 0.15) is 0 Å². The van der Waals surface area contributed by atoms with Gasteiger partial charge in [-0.25, -0.2) is 8.42 Å². The molecule has 106 valence electrons. The van der Waals surface area contributed by atoms with E-state index in [1.165, 1.54) is 0 Å². The monoisotopic (exact) mass is 346 g/mol. The molecule has 0 radical (unpaired) electrons. The number of halogens is 1. The molecule has 1 fully saturated rings. The number of anilines is 1. The van der Waals surface area contributed by atoms with Crippen molar-refractivity contribution in [2.75, 3.05) is 18.8 Å². The first-order chi connectivity index (χ1) is 8.72. The van der Waals surface area contributed by atoms with Crippen LogP contribution in [0.5, 0.6) is 0 Å². The second-order valence-corrected chi connectivity index (χ2v) is 8.58. The van der Waals surface area contributed by atoms with Crippen LogP contribution < -0.4 is 5.73 Å². The van der Waals surface area contributed by atoms with Gasteiger partial charge in [-0.3, -0.25) is 0 Å². The molecular formula is C13H19BrN2O2S. The Hall–Kier alpha value is -0.590. The minimum atomic E-state index is -3.42. The van der Waals surface area contributed by atoms with Gasteiger partial charge in [0, 0.05) is 23.2 Å². The van der Waals surface area contributed by atoms with Crippen LogP contribution in [0.2, 0.25) is 0 Å². The number of piperidine rings is 1. The second-order valence-electron chi connectivity index (χ2n) is 5.79. The first-order valence-corrected chi connectivity index (χ1v) is 8.51. The predicted octanol–water partition coefficient (Wildman–Crippen LogP) is 2.84. The highest BCUT2D eigenvalue weighted by Crippen LogP contribution is 2.33. The van der Waals surface area contributed by atoms with Gasteiger partial charge in [-0.05, 0) is 52.4 Å². The predicted molar refractivity (Wildman–Crippen MR) is 80.3 cm³/mol. The molecule has 0 spiro atoms. The highest BCUT2D eigenvalue weighted by Gasteiger charge is 2.34. The van der Waals surface area contributed by atoms with Crippen molar-refractivity contribution in [3.8, 4) is 0 Å². The van der Waals surface area contributed by atoms with E-state index in [0.717, 1.165) is 12.8 Å². The lowest BCUT2D eigenvalue weighted by molar-refractivity contribution is 0.187. The fourth-order valence-electron chi connectivity index (χ4n) is 2.39. The van der Waals surface area contributed by atoms with E-state index in [0.29, 0.717) is 28.1 Å². The molecule has 0 bridgehead atoms. The normalized spacial score (nSPS) is 20.4. The molecule has 0 unspecified atom stereocenters. The molecule has 2 rings (SSSR count). The lowest BCUT2D eigenvalue weighted by Crippen LogP contribution is -2.43. The molecule has 0 aromatic heterocycles. The van der Waals surface area contributed by atoms with E-state index < -0.39 is 10.0 Å². The van der Waals surface area contributed by atoms with Gasteiger partial charge in [0.05, 0.1) is 4.90 Å². The highest BCUT2D eigenvalue weighted by molar-refractivity contribution is 9.10. The van der Waals surface area contributed by atoms with Gasteiger partial charge in [0.15, 0.2) is 0 Å². The summed E-state index contributed by atoms with van der Waals surface area (Å²) in [6, 6.07) is 4.76. The number of rotatable bonds is 2. The van der Waals surface area contributed by atoms with Crippen LogP contribution in [-0.2, 0) is 10.0 Å². The summed E-state index contributed by atoms with van der Waals surface area (Å²) in [6.45, 7) is 5.37. The molecule has 6 heteroatoms. The highest BCUT2D eigenvalue weighted by atomic mass is 79.9. The molecule has 2 N–H and O–H groups in total. The second kappa shape index (κ2) is 5.07. The third kappa shape index (κ3) is 3.12. The summed E-state index contributed by atoms with van der Waals surface area (Å²) in [5.74, 6) is 0. The Morgan fingerprint density at radius 3 is 2.63 bits per heavy atom. The average molecular weight is 347 g/mol. The maximum atomic E-state index is 12.6. The van der Waals surface area contributed by atoms with E-state index in [4.69, 9.17) is 5.73 Å². The van der Waals surface area contributed by atoms with Crippen molar-refractivity contribution in [1.82, 2.24) is 4.31 Å². The summed E-state index contributed by atoms with van der Waals surface area (Å²) in [5, 5.41) is 0. The third-order valence-corrected chi connectivity index (χ3v) is 6.00. The fourth-order valence-corrected chi connectivity index (χ4v) is 4.62. The molecule has 0 amide bonds. The topological polar surface area (TPSA) is 63.4 Å². The molecule has 1 heterocycles. The Morgan fingerprint density at radius 2 is 2.05 bits per heavy atom.